The molecule has 172 valence electrons. The molecule has 5 aromatic rings. The summed E-state index contributed by atoms with van der Waals surface area (Å²) in [6, 6.07) is 11.9. The topological polar surface area (TPSA) is 76.5 Å². The van der Waals surface area contributed by atoms with E-state index in [-0.39, 0.29) is 22.4 Å². The van der Waals surface area contributed by atoms with Crippen LogP contribution in [0.15, 0.2) is 58.5 Å². The first-order valence-corrected chi connectivity index (χ1v) is 12.2. The highest BCUT2D eigenvalue weighted by atomic mass is 32.2. The molecule has 1 atom stereocenters. The molecule has 1 N–H and O–H groups in total. The number of H-pyrrole nitrogens is 1. The van der Waals surface area contributed by atoms with E-state index < -0.39 is 0 Å². The molecule has 5 rings (SSSR count). The summed E-state index contributed by atoms with van der Waals surface area (Å²) in [5.41, 5.74) is 2.10. The molecule has 3 aromatic heterocycles. The van der Waals surface area contributed by atoms with Gasteiger partial charge in [-0.2, -0.15) is 0 Å². The number of aryl methyl sites for hydroxylation is 2. The Bertz CT molecular complexity index is 1560. The van der Waals surface area contributed by atoms with Crippen molar-refractivity contribution in [1.29, 1.82) is 0 Å². The first kappa shape index (κ1) is 22.4. The monoisotopic (exact) mass is 495 g/mol. The second kappa shape index (κ2) is 8.77. The minimum atomic E-state index is -0.362. The highest BCUT2D eigenvalue weighted by Gasteiger charge is 2.22. The van der Waals surface area contributed by atoms with Gasteiger partial charge in [-0.05, 0) is 74.9 Å². The van der Waals surface area contributed by atoms with Gasteiger partial charge >= 0.3 is 0 Å². The molecule has 0 spiro atoms. The number of aromatic nitrogens is 5. The normalized spacial score (nSPS) is 12.4. The Morgan fingerprint density at radius 1 is 1.00 bits per heavy atom. The lowest BCUT2D eigenvalue weighted by Gasteiger charge is -2.13. The molecule has 0 saturated carbocycles. The van der Waals surface area contributed by atoms with Crippen molar-refractivity contribution in [3.63, 3.8) is 0 Å². The van der Waals surface area contributed by atoms with E-state index in [0.29, 0.717) is 38.3 Å². The van der Waals surface area contributed by atoms with Crippen LogP contribution in [0.1, 0.15) is 28.4 Å². The van der Waals surface area contributed by atoms with Crippen LogP contribution < -0.4 is 5.56 Å². The van der Waals surface area contributed by atoms with Crippen molar-refractivity contribution in [2.75, 3.05) is 0 Å². The van der Waals surface area contributed by atoms with E-state index in [1.54, 1.807) is 28.8 Å². The number of fused-ring (bicyclic) bond motifs is 1. The Balaban J connectivity index is 1.57. The van der Waals surface area contributed by atoms with Gasteiger partial charge in [0, 0.05) is 16.1 Å². The Kier molecular flexibility index (Phi) is 5.78. The van der Waals surface area contributed by atoms with E-state index >= 15 is 0 Å². The van der Waals surface area contributed by atoms with Crippen molar-refractivity contribution in [2.24, 2.45) is 0 Å². The van der Waals surface area contributed by atoms with Gasteiger partial charge in [0.05, 0.1) is 10.6 Å². The molecule has 2 aromatic carbocycles. The first-order chi connectivity index (χ1) is 16.3. The summed E-state index contributed by atoms with van der Waals surface area (Å²) in [6.07, 6.45) is 0. The molecule has 0 fully saturated rings. The van der Waals surface area contributed by atoms with Gasteiger partial charge in [-0.1, -0.05) is 11.8 Å². The average molecular weight is 496 g/mol. The van der Waals surface area contributed by atoms with Gasteiger partial charge in [-0.25, -0.2) is 13.8 Å². The summed E-state index contributed by atoms with van der Waals surface area (Å²) < 4.78 is 28.9. The Hall–Kier alpha value is -3.37. The molecule has 10 heteroatoms. The zero-order chi connectivity index (χ0) is 24.0. The molecule has 0 radical (unpaired) electrons. The number of halogens is 2. The van der Waals surface area contributed by atoms with Crippen molar-refractivity contribution >= 4 is 33.3 Å². The summed E-state index contributed by atoms with van der Waals surface area (Å²) in [7, 11) is 0. The molecule has 3 heterocycles. The Morgan fingerprint density at radius 3 is 2.32 bits per heavy atom. The quantitative estimate of drug-likeness (QED) is 0.304. The lowest BCUT2D eigenvalue weighted by atomic mass is 10.2. The average Bonchev–Trinajstić information content (AvgIpc) is 3.35. The number of benzene rings is 2. The zero-order valence-corrected chi connectivity index (χ0v) is 20.1. The van der Waals surface area contributed by atoms with Crippen LogP contribution in [-0.4, -0.2) is 24.7 Å². The minimum Gasteiger partial charge on any atom is -0.309 e. The van der Waals surface area contributed by atoms with Gasteiger partial charge in [0.15, 0.2) is 11.0 Å². The molecular formula is C24H19F2N5OS2. The number of rotatable bonds is 5. The standard InChI is InChI=1S/C24H19F2N5OS2/c1-12-13(2)33-23-19(12)22(32)27-20(28-23)14(3)34-24-30-29-21(15-4-6-16(25)7-5-15)31(24)18-10-8-17(26)9-11-18/h4-11,14H,1-3H3,(H,27,28,32). The predicted molar refractivity (Wildman–Crippen MR) is 131 cm³/mol. The largest absolute Gasteiger partial charge is 0.309 e. The number of hydrogen-bond donors (Lipinski definition) is 1. The van der Waals surface area contributed by atoms with Crippen molar-refractivity contribution in [3.05, 3.63) is 86.8 Å². The highest BCUT2D eigenvalue weighted by molar-refractivity contribution is 7.99. The van der Waals surface area contributed by atoms with Crippen LogP contribution in [0.3, 0.4) is 0 Å². The van der Waals surface area contributed by atoms with Crippen LogP contribution in [0.2, 0.25) is 0 Å². The Labute approximate surface area is 201 Å². The molecule has 0 bridgehead atoms. The van der Waals surface area contributed by atoms with E-state index in [9.17, 15) is 13.6 Å². The van der Waals surface area contributed by atoms with E-state index in [0.717, 1.165) is 10.4 Å². The fraction of sp³-hybridized carbons (Fsp3) is 0.167. The summed E-state index contributed by atoms with van der Waals surface area (Å²) in [6.45, 7) is 5.82. The number of thioether (sulfide) groups is 1. The second-order valence-corrected chi connectivity index (χ2v) is 10.3. The predicted octanol–water partition coefficient (Wildman–Crippen LogP) is 5.98. The van der Waals surface area contributed by atoms with Crippen LogP contribution in [0.25, 0.3) is 27.3 Å². The Morgan fingerprint density at radius 2 is 1.65 bits per heavy atom. The second-order valence-electron chi connectivity index (χ2n) is 7.80. The fourth-order valence-electron chi connectivity index (χ4n) is 3.63. The van der Waals surface area contributed by atoms with Crippen molar-refractivity contribution in [2.45, 2.75) is 31.2 Å². The number of nitrogens with one attached hydrogen (secondary N) is 1. The minimum absolute atomic E-state index is 0.165. The highest BCUT2D eigenvalue weighted by Crippen LogP contribution is 2.36. The van der Waals surface area contributed by atoms with E-state index in [1.807, 2.05) is 20.8 Å². The van der Waals surface area contributed by atoms with Crippen LogP contribution in [0.5, 0.6) is 0 Å². The van der Waals surface area contributed by atoms with E-state index in [1.165, 1.54) is 47.4 Å². The molecule has 1 unspecified atom stereocenters. The molecule has 34 heavy (non-hydrogen) atoms. The maximum absolute atomic E-state index is 13.6. The summed E-state index contributed by atoms with van der Waals surface area (Å²) in [5.74, 6) is 0.298. The number of aromatic amines is 1. The fourth-order valence-corrected chi connectivity index (χ4v) is 5.59. The lowest BCUT2D eigenvalue weighted by Crippen LogP contribution is -2.12. The van der Waals surface area contributed by atoms with Crippen LogP contribution in [0, 0.1) is 25.5 Å². The SMILES string of the molecule is Cc1sc2nc(C(C)Sc3nnc(-c4ccc(F)cc4)n3-c3ccc(F)cc3)[nH]c(=O)c2c1C. The van der Waals surface area contributed by atoms with Gasteiger partial charge < -0.3 is 4.98 Å². The summed E-state index contributed by atoms with van der Waals surface area (Å²) in [4.78, 5) is 22.1. The summed E-state index contributed by atoms with van der Waals surface area (Å²) in [5, 5.41) is 9.57. The zero-order valence-electron chi connectivity index (χ0n) is 18.5. The molecule has 0 amide bonds. The van der Waals surface area contributed by atoms with Crippen LogP contribution in [0.4, 0.5) is 8.78 Å². The van der Waals surface area contributed by atoms with Crippen molar-refractivity contribution in [3.8, 4) is 17.1 Å². The van der Waals surface area contributed by atoms with Gasteiger partial charge in [-0.15, -0.1) is 21.5 Å². The molecular weight excluding hydrogens is 476 g/mol. The van der Waals surface area contributed by atoms with Crippen molar-refractivity contribution < 1.29 is 8.78 Å². The van der Waals surface area contributed by atoms with E-state index in [4.69, 9.17) is 4.98 Å². The molecule has 0 aliphatic heterocycles. The van der Waals surface area contributed by atoms with Gasteiger partial charge in [-0.3, -0.25) is 9.36 Å². The van der Waals surface area contributed by atoms with E-state index in [2.05, 4.69) is 15.2 Å². The molecule has 0 aliphatic rings. The molecule has 6 nitrogen and oxygen atoms in total. The lowest BCUT2D eigenvalue weighted by molar-refractivity contribution is 0.626. The van der Waals surface area contributed by atoms with Gasteiger partial charge in [0.25, 0.3) is 5.56 Å². The number of nitrogens with zero attached hydrogens (tertiary/aromatic N) is 4. The molecule has 0 aliphatic carbocycles. The van der Waals surface area contributed by atoms with Gasteiger partial charge in [0.2, 0.25) is 0 Å². The maximum Gasteiger partial charge on any atom is 0.259 e. The number of hydrogen-bond acceptors (Lipinski definition) is 6. The third kappa shape index (κ3) is 4.03. The molecule has 0 saturated heterocycles. The maximum atomic E-state index is 13.6. The smallest absolute Gasteiger partial charge is 0.259 e. The van der Waals surface area contributed by atoms with Gasteiger partial charge in [0.1, 0.15) is 22.3 Å². The first-order valence-electron chi connectivity index (χ1n) is 10.5. The van der Waals surface area contributed by atoms with Crippen molar-refractivity contribution in [1.82, 2.24) is 24.7 Å². The van der Waals surface area contributed by atoms with Crippen LogP contribution in [-0.2, 0) is 0 Å². The summed E-state index contributed by atoms with van der Waals surface area (Å²) >= 11 is 2.86. The third-order valence-electron chi connectivity index (χ3n) is 5.55. The van der Waals surface area contributed by atoms with Crippen LogP contribution >= 0.6 is 23.1 Å². The third-order valence-corrected chi connectivity index (χ3v) is 7.70. The number of thiophene rings is 1.